The molecule has 150 valence electrons. The molecular weight excluding hydrogens is 384 g/mol. The van der Waals surface area contributed by atoms with Crippen molar-refractivity contribution in [3.63, 3.8) is 0 Å². The van der Waals surface area contributed by atoms with Crippen LogP contribution in [0.2, 0.25) is 0 Å². The van der Waals surface area contributed by atoms with Gasteiger partial charge in [0.1, 0.15) is 22.8 Å². The smallest absolute Gasteiger partial charge is 0.148 e. The van der Waals surface area contributed by atoms with Crippen LogP contribution in [-0.4, -0.2) is 12.2 Å². The van der Waals surface area contributed by atoms with Crippen LogP contribution in [0.25, 0.3) is 21.5 Å². The number of rotatable bonds is 2. The molecule has 31 heavy (non-hydrogen) atoms. The predicted molar refractivity (Wildman–Crippen MR) is 123 cm³/mol. The Bertz CT molecular complexity index is 1370. The molecule has 0 saturated carbocycles. The van der Waals surface area contributed by atoms with Crippen LogP contribution in [0.3, 0.4) is 0 Å². The molecule has 1 aliphatic heterocycles. The summed E-state index contributed by atoms with van der Waals surface area (Å²) in [7, 11) is 1.64. The number of hydrogen-bond acceptors (Lipinski definition) is 3. The maximum Gasteiger partial charge on any atom is 0.148 e. The van der Waals surface area contributed by atoms with Crippen LogP contribution in [0, 0.1) is 0 Å². The van der Waals surface area contributed by atoms with Gasteiger partial charge in [0.2, 0.25) is 0 Å². The lowest BCUT2D eigenvalue weighted by Gasteiger charge is -2.38. The summed E-state index contributed by atoms with van der Waals surface area (Å²) in [6.45, 7) is 0. The highest BCUT2D eigenvalue weighted by Gasteiger charge is 2.44. The van der Waals surface area contributed by atoms with E-state index in [-0.39, 0.29) is 0 Å². The Morgan fingerprint density at radius 2 is 1.16 bits per heavy atom. The van der Waals surface area contributed by atoms with Crippen LogP contribution in [0.1, 0.15) is 16.7 Å². The summed E-state index contributed by atoms with van der Waals surface area (Å²) < 4.78 is 11.7. The fourth-order valence-electron chi connectivity index (χ4n) is 4.78. The number of ether oxygens (including phenoxy) is 2. The summed E-state index contributed by atoms with van der Waals surface area (Å²) in [5.41, 5.74) is 0.905. The van der Waals surface area contributed by atoms with E-state index >= 15 is 0 Å². The molecule has 0 saturated heterocycles. The fraction of sp³-hybridized carbons (Fsp3) is 0.0714. The fourth-order valence-corrected chi connectivity index (χ4v) is 4.78. The van der Waals surface area contributed by atoms with Gasteiger partial charge in [-0.15, -0.1) is 0 Å². The van der Waals surface area contributed by atoms with Gasteiger partial charge in [-0.2, -0.15) is 0 Å². The third-order valence-corrected chi connectivity index (χ3v) is 6.23. The van der Waals surface area contributed by atoms with E-state index in [1.807, 2.05) is 84.9 Å². The van der Waals surface area contributed by atoms with Crippen molar-refractivity contribution in [1.82, 2.24) is 0 Å². The second kappa shape index (κ2) is 6.59. The maximum absolute atomic E-state index is 12.7. The first-order chi connectivity index (χ1) is 15.2. The van der Waals surface area contributed by atoms with Crippen molar-refractivity contribution in [1.29, 1.82) is 0 Å². The lowest BCUT2D eigenvalue weighted by Crippen LogP contribution is -2.33. The molecule has 0 unspecified atom stereocenters. The van der Waals surface area contributed by atoms with Crippen LogP contribution in [-0.2, 0) is 5.60 Å². The van der Waals surface area contributed by atoms with Crippen LogP contribution >= 0.6 is 0 Å². The lowest BCUT2D eigenvalue weighted by molar-refractivity contribution is 0.116. The van der Waals surface area contributed by atoms with E-state index in [1.54, 1.807) is 7.11 Å². The zero-order valence-electron chi connectivity index (χ0n) is 17.0. The molecule has 5 aromatic rings. The second-order valence-electron chi connectivity index (χ2n) is 7.86. The average molecular weight is 404 g/mol. The largest absolute Gasteiger partial charge is 0.497 e. The third kappa shape index (κ3) is 2.50. The van der Waals surface area contributed by atoms with Crippen LogP contribution in [0.15, 0.2) is 97.1 Å². The summed E-state index contributed by atoms with van der Waals surface area (Å²) in [6, 6.07) is 31.8. The molecule has 1 heterocycles. The predicted octanol–water partition coefficient (Wildman–Crippen LogP) is 6.39. The first kappa shape index (κ1) is 18.0. The van der Waals surface area contributed by atoms with Gasteiger partial charge in [0.05, 0.1) is 7.11 Å². The molecule has 0 spiro atoms. The first-order valence-corrected chi connectivity index (χ1v) is 10.3. The van der Waals surface area contributed by atoms with E-state index in [1.165, 1.54) is 0 Å². The zero-order valence-corrected chi connectivity index (χ0v) is 17.0. The molecule has 0 fully saturated rings. The molecule has 5 aromatic carbocycles. The molecule has 0 amide bonds. The van der Waals surface area contributed by atoms with E-state index in [0.717, 1.165) is 44.0 Å². The molecule has 3 heteroatoms. The SMILES string of the molecule is COc1ccc(C2(O)c3c(ccc4ccccc34)Oc3ccc4ccccc4c32)cc1. The summed E-state index contributed by atoms with van der Waals surface area (Å²) in [6.07, 6.45) is 0. The van der Waals surface area contributed by atoms with Gasteiger partial charge in [-0.3, -0.25) is 0 Å². The van der Waals surface area contributed by atoms with Gasteiger partial charge < -0.3 is 14.6 Å². The number of hydrogen-bond donors (Lipinski definition) is 1. The molecule has 1 aliphatic rings. The monoisotopic (exact) mass is 404 g/mol. The van der Waals surface area contributed by atoms with Gasteiger partial charge >= 0.3 is 0 Å². The van der Waals surface area contributed by atoms with Gasteiger partial charge in [-0.05, 0) is 51.4 Å². The number of methoxy groups -OCH3 is 1. The van der Waals surface area contributed by atoms with Crippen LogP contribution in [0.4, 0.5) is 0 Å². The van der Waals surface area contributed by atoms with Crippen molar-refractivity contribution in [2.45, 2.75) is 5.60 Å². The molecule has 0 aliphatic carbocycles. The summed E-state index contributed by atoms with van der Waals surface area (Å²) in [5.74, 6) is 2.08. The topological polar surface area (TPSA) is 38.7 Å². The Labute approximate surface area is 180 Å². The Balaban J connectivity index is 1.78. The van der Waals surface area contributed by atoms with Gasteiger partial charge in [0.25, 0.3) is 0 Å². The van der Waals surface area contributed by atoms with Gasteiger partial charge in [-0.25, -0.2) is 0 Å². The summed E-state index contributed by atoms with van der Waals surface area (Å²) in [4.78, 5) is 0. The third-order valence-electron chi connectivity index (χ3n) is 6.23. The van der Waals surface area contributed by atoms with E-state index in [9.17, 15) is 5.11 Å². The molecular formula is C28H20O3. The first-order valence-electron chi connectivity index (χ1n) is 10.3. The van der Waals surface area contributed by atoms with E-state index < -0.39 is 5.60 Å². The summed E-state index contributed by atoms with van der Waals surface area (Å²) in [5, 5.41) is 16.7. The maximum atomic E-state index is 12.7. The van der Waals surface area contributed by atoms with Crippen molar-refractivity contribution in [3.05, 3.63) is 114 Å². The zero-order chi connectivity index (χ0) is 21.0. The van der Waals surface area contributed by atoms with Crippen molar-refractivity contribution in [2.75, 3.05) is 7.11 Å². The van der Waals surface area contributed by atoms with E-state index in [4.69, 9.17) is 9.47 Å². The second-order valence-corrected chi connectivity index (χ2v) is 7.86. The van der Waals surface area contributed by atoms with Gasteiger partial charge in [-0.1, -0.05) is 72.8 Å². The lowest BCUT2D eigenvalue weighted by atomic mass is 9.74. The highest BCUT2D eigenvalue weighted by molar-refractivity contribution is 5.95. The average Bonchev–Trinajstić information content (AvgIpc) is 2.83. The number of aliphatic hydroxyl groups is 1. The highest BCUT2D eigenvalue weighted by Crippen LogP contribution is 2.54. The minimum absolute atomic E-state index is 0.666. The van der Waals surface area contributed by atoms with Gasteiger partial charge in [0, 0.05) is 11.1 Å². The molecule has 0 atom stereocenters. The molecule has 3 nitrogen and oxygen atoms in total. The molecule has 6 rings (SSSR count). The van der Waals surface area contributed by atoms with Crippen LogP contribution in [0.5, 0.6) is 17.2 Å². The molecule has 0 radical (unpaired) electrons. The Hall–Kier alpha value is -3.82. The Morgan fingerprint density at radius 3 is 1.68 bits per heavy atom. The van der Waals surface area contributed by atoms with Crippen LogP contribution < -0.4 is 9.47 Å². The number of benzene rings is 5. The number of fused-ring (bicyclic) bond motifs is 6. The minimum atomic E-state index is -1.39. The Kier molecular flexibility index (Phi) is 3.83. The minimum Gasteiger partial charge on any atom is -0.497 e. The van der Waals surface area contributed by atoms with Crippen molar-refractivity contribution in [2.24, 2.45) is 0 Å². The highest BCUT2D eigenvalue weighted by atomic mass is 16.5. The van der Waals surface area contributed by atoms with Gasteiger partial charge in [0.15, 0.2) is 0 Å². The normalized spacial score (nSPS) is 14.0. The quantitative estimate of drug-likeness (QED) is 0.370. The van der Waals surface area contributed by atoms with Crippen molar-refractivity contribution in [3.8, 4) is 17.2 Å². The molecule has 0 aromatic heterocycles. The standard InChI is InChI=1S/C28H20O3/c1-30-21-14-12-20(13-15-21)28(29)26-22-8-4-2-6-18(22)10-16-24(26)31-25-17-11-19-7-3-5-9-23(19)27(25)28/h2-17,29H,1H3. The summed E-state index contributed by atoms with van der Waals surface area (Å²) >= 11 is 0. The molecule has 0 bridgehead atoms. The van der Waals surface area contributed by atoms with E-state index in [0.29, 0.717) is 11.5 Å². The Morgan fingerprint density at radius 1 is 0.645 bits per heavy atom. The van der Waals surface area contributed by atoms with Crippen molar-refractivity contribution >= 4 is 21.5 Å². The van der Waals surface area contributed by atoms with Crippen molar-refractivity contribution < 1.29 is 14.6 Å². The van der Waals surface area contributed by atoms with E-state index in [2.05, 4.69) is 12.1 Å². The molecule has 1 N–H and O–H groups in total.